The van der Waals surface area contributed by atoms with E-state index in [1.807, 2.05) is 68.6 Å². The van der Waals surface area contributed by atoms with Gasteiger partial charge in [-0.05, 0) is 61.5 Å². The first-order valence-electron chi connectivity index (χ1n) is 9.91. The van der Waals surface area contributed by atoms with E-state index in [1.54, 1.807) is 13.3 Å². The zero-order chi connectivity index (χ0) is 21.3. The summed E-state index contributed by atoms with van der Waals surface area (Å²) in [6, 6.07) is 18.0. The second kappa shape index (κ2) is 10.6. The van der Waals surface area contributed by atoms with Crippen LogP contribution in [-0.2, 0) is 13.1 Å². The van der Waals surface area contributed by atoms with Gasteiger partial charge in [-0.15, -0.1) is 0 Å². The van der Waals surface area contributed by atoms with Gasteiger partial charge < -0.3 is 19.7 Å². The van der Waals surface area contributed by atoms with Gasteiger partial charge in [0.25, 0.3) is 0 Å². The quantitative estimate of drug-likeness (QED) is 0.505. The molecule has 2 aromatic carbocycles. The molecule has 0 saturated heterocycles. The summed E-state index contributed by atoms with van der Waals surface area (Å²) >= 11 is 5.81. The second-order valence-electron chi connectivity index (χ2n) is 6.89. The average Bonchev–Trinajstić information content (AvgIpc) is 2.75. The summed E-state index contributed by atoms with van der Waals surface area (Å²) in [4.78, 5) is 6.34. The monoisotopic (exact) mass is 421 g/mol. The number of ether oxygens (including phenoxy) is 2. The van der Waals surface area contributed by atoms with Gasteiger partial charge in [0, 0.05) is 31.0 Å². The van der Waals surface area contributed by atoms with Gasteiger partial charge in [0.05, 0.1) is 19.4 Å². The van der Waals surface area contributed by atoms with E-state index in [0.717, 1.165) is 33.9 Å². The van der Waals surface area contributed by atoms with Gasteiger partial charge in [-0.2, -0.15) is 0 Å². The summed E-state index contributed by atoms with van der Waals surface area (Å²) in [7, 11) is 1.66. The number of nitrogens with zero attached hydrogens (tertiary/aromatic N) is 2. The fraction of sp³-hybridized carbons (Fsp3) is 0.250. The molecule has 0 aliphatic heterocycles. The van der Waals surface area contributed by atoms with Crippen LogP contribution in [0.25, 0.3) is 0 Å². The summed E-state index contributed by atoms with van der Waals surface area (Å²) in [5.41, 5.74) is 4.12. The highest BCUT2D eigenvalue weighted by Gasteiger charge is 2.16. The number of benzene rings is 2. The van der Waals surface area contributed by atoms with Crippen molar-refractivity contribution in [3.05, 3.63) is 83.7 Å². The molecular formula is C24H27N3O2S. The third-order valence-corrected chi connectivity index (χ3v) is 4.97. The highest BCUT2D eigenvalue weighted by Crippen LogP contribution is 2.27. The molecule has 156 valence electrons. The Morgan fingerprint density at radius 1 is 1.07 bits per heavy atom. The predicted octanol–water partition coefficient (Wildman–Crippen LogP) is 5.20. The molecule has 0 spiro atoms. The van der Waals surface area contributed by atoms with Crippen molar-refractivity contribution in [1.29, 1.82) is 0 Å². The fourth-order valence-corrected chi connectivity index (χ4v) is 3.40. The molecule has 1 N–H and O–H groups in total. The lowest BCUT2D eigenvalue weighted by Crippen LogP contribution is -2.34. The molecular weight excluding hydrogens is 394 g/mol. The Labute approximate surface area is 183 Å². The van der Waals surface area contributed by atoms with E-state index in [9.17, 15) is 0 Å². The Balaban J connectivity index is 1.87. The SMILES string of the molecule is CCOc1ccccc1CN(Cc1cccnc1)C(=S)Nc1cc(C)ccc1OC. The van der Waals surface area contributed by atoms with Crippen molar-refractivity contribution >= 4 is 23.0 Å². The van der Waals surface area contributed by atoms with E-state index in [0.29, 0.717) is 24.8 Å². The maximum atomic E-state index is 5.82. The Bertz CT molecular complexity index is 979. The van der Waals surface area contributed by atoms with Crippen LogP contribution in [0.5, 0.6) is 11.5 Å². The molecule has 0 atom stereocenters. The van der Waals surface area contributed by atoms with Gasteiger partial charge in [0.15, 0.2) is 5.11 Å². The molecule has 0 amide bonds. The molecule has 1 aromatic heterocycles. The molecule has 1 heterocycles. The van der Waals surface area contributed by atoms with E-state index in [4.69, 9.17) is 21.7 Å². The van der Waals surface area contributed by atoms with Gasteiger partial charge in [-0.1, -0.05) is 30.3 Å². The van der Waals surface area contributed by atoms with Crippen molar-refractivity contribution in [3.8, 4) is 11.5 Å². The number of nitrogens with one attached hydrogen (secondary N) is 1. The molecule has 0 aliphatic carbocycles. The van der Waals surface area contributed by atoms with Gasteiger partial charge in [-0.3, -0.25) is 4.98 Å². The molecule has 30 heavy (non-hydrogen) atoms. The minimum absolute atomic E-state index is 0.602. The number of anilines is 1. The van der Waals surface area contributed by atoms with Crippen LogP contribution in [0.15, 0.2) is 67.0 Å². The number of hydrogen-bond acceptors (Lipinski definition) is 4. The molecule has 5 nitrogen and oxygen atoms in total. The van der Waals surface area contributed by atoms with E-state index in [2.05, 4.69) is 21.3 Å². The van der Waals surface area contributed by atoms with Crippen LogP contribution in [0.2, 0.25) is 0 Å². The lowest BCUT2D eigenvalue weighted by molar-refractivity contribution is 0.327. The van der Waals surface area contributed by atoms with Crippen LogP contribution >= 0.6 is 12.2 Å². The zero-order valence-electron chi connectivity index (χ0n) is 17.6. The highest BCUT2D eigenvalue weighted by atomic mass is 32.1. The Kier molecular flexibility index (Phi) is 7.63. The summed E-state index contributed by atoms with van der Waals surface area (Å²) in [6.07, 6.45) is 3.63. The maximum Gasteiger partial charge on any atom is 0.174 e. The molecule has 3 rings (SSSR count). The smallest absolute Gasteiger partial charge is 0.174 e. The third-order valence-electron chi connectivity index (χ3n) is 4.61. The van der Waals surface area contributed by atoms with E-state index < -0.39 is 0 Å². The number of rotatable bonds is 8. The van der Waals surface area contributed by atoms with Gasteiger partial charge >= 0.3 is 0 Å². The minimum Gasteiger partial charge on any atom is -0.495 e. The number of aromatic nitrogens is 1. The van der Waals surface area contributed by atoms with Crippen molar-refractivity contribution in [2.45, 2.75) is 26.9 Å². The van der Waals surface area contributed by atoms with Crippen LogP contribution in [0.1, 0.15) is 23.6 Å². The van der Waals surface area contributed by atoms with Crippen LogP contribution in [-0.4, -0.2) is 28.7 Å². The lowest BCUT2D eigenvalue weighted by Gasteiger charge is -2.27. The summed E-state index contributed by atoms with van der Waals surface area (Å²) in [5, 5.41) is 3.97. The van der Waals surface area contributed by atoms with Crippen molar-refractivity contribution in [2.24, 2.45) is 0 Å². The van der Waals surface area contributed by atoms with Gasteiger partial charge in [-0.25, -0.2) is 0 Å². The summed E-state index contributed by atoms with van der Waals surface area (Å²) < 4.78 is 11.3. The molecule has 3 aromatic rings. The average molecular weight is 422 g/mol. The number of aryl methyl sites for hydroxylation is 1. The first-order chi connectivity index (χ1) is 14.6. The van der Waals surface area contributed by atoms with E-state index in [1.165, 1.54) is 0 Å². The Morgan fingerprint density at radius 3 is 2.63 bits per heavy atom. The number of pyridine rings is 1. The van der Waals surface area contributed by atoms with E-state index >= 15 is 0 Å². The first-order valence-corrected chi connectivity index (χ1v) is 10.3. The van der Waals surface area contributed by atoms with Gasteiger partial charge in [0.2, 0.25) is 0 Å². The second-order valence-corrected chi connectivity index (χ2v) is 7.28. The predicted molar refractivity (Wildman–Crippen MR) is 125 cm³/mol. The number of methoxy groups -OCH3 is 1. The molecule has 0 saturated carbocycles. The van der Waals surface area contributed by atoms with Crippen molar-refractivity contribution in [3.63, 3.8) is 0 Å². The number of para-hydroxylation sites is 1. The maximum absolute atomic E-state index is 5.82. The largest absolute Gasteiger partial charge is 0.495 e. The standard InChI is InChI=1S/C24H27N3O2S/c1-4-29-22-10-6-5-9-20(22)17-27(16-19-8-7-13-25-15-19)24(30)26-21-14-18(2)11-12-23(21)28-3/h5-15H,4,16-17H2,1-3H3,(H,26,30). The summed E-state index contributed by atoms with van der Waals surface area (Å²) in [6.45, 7) is 5.86. The molecule has 6 heteroatoms. The zero-order valence-corrected chi connectivity index (χ0v) is 18.4. The van der Waals surface area contributed by atoms with Crippen molar-refractivity contribution in [1.82, 2.24) is 9.88 Å². The van der Waals surface area contributed by atoms with Crippen molar-refractivity contribution < 1.29 is 9.47 Å². The van der Waals surface area contributed by atoms with Crippen LogP contribution in [0.3, 0.4) is 0 Å². The Hall–Kier alpha value is -3.12. The normalized spacial score (nSPS) is 10.4. The molecule has 0 aliphatic rings. The third kappa shape index (κ3) is 5.70. The summed E-state index contributed by atoms with van der Waals surface area (Å²) in [5.74, 6) is 1.62. The lowest BCUT2D eigenvalue weighted by atomic mass is 10.1. The number of thiocarbonyl (C=S) groups is 1. The van der Waals surface area contributed by atoms with Crippen LogP contribution in [0, 0.1) is 6.92 Å². The van der Waals surface area contributed by atoms with E-state index in [-0.39, 0.29) is 0 Å². The van der Waals surface area contributed by atoms with Crippen LogP contribution in [0.4, 0.5) is 5.69 Å². The molecule has 0 bridgehead atoms. The number of hydrogen-bond donors (Lipinski definition) is 1. The topological polar surface area (TPSA) is 46.6 Å². The fourth-order valence-electron chi connectivity index (χ4n) is 3.16. The molecule has 0 fully saturated rings. The van der Waals surface area contributed by atoms with Gasteiger partial charge in [0.1, 0.15) is 11.5 Å². The molecule has 0 unspecified atom stereocenters. The minimum atomic E-state index is 0.602. The van der Waals surface area contributed by atoms with Crippen LogP contribution < -0.4 is 14.8 Å². The van der Waals surface area contributed by atoms with Crippen molar-refractivity contribution in [2.75, 3.05) is 19.0 Å². The molecule has 0 radical (unpaired) electrons. The Morgan fingerprint density at radius 2 is 1.90 bits per heavy atom. The first kappa shape index (κ1) is 21.6. The highest BCUT2D eigenvalue weighted by molar-refractivity contribution is 7.80.